The predicted octanol–water partition coefficient (Wildman–Crippen LogP) is 7.30. The molecule has 0 N–H and O–H groups in total. The zero-order valence-electron chi connectivity index (χ0n) is 29.5. The van der Waals surface area contributed by atoms with Gasteiger partial charge in [0.1, 0.15) is 23.2 Å². The van der Waals surface area contributed by atoms with Gasteiger partial charge in [-0.1, -0.05) is 72.8 Å². The Morgan fingerprint density at radius 3 is 2.11 bits per heavy atom. The number of halogens is 1. The average Bonchev–Trinajstić information content (AvgIpc) is 3.53. The van der Waals surface area contributed by atoms with Crippen molar-refractivity contribution in [2.75, 3.05) is 53.1 Å². The molecule has 7 rings (SSSR count). The molecular weight excluding hydrogens is 698 g/mol. The van der Waals surface area contributed by atoms with Crippen molar-refractivity contribution in [3.63, 3.8) is 0 Å². The van der Waals surface area contributed by atoms with Gasteiger partial charge in [-0.05, 0) is 41.0 Å². The molecule has 5 aromatic rings. The minimum absolute atomic E-state index is 0.128. The second-order valence-corrected chi connectivity index (χ2v) is 15.3. The van der Waals surface area contributed by atoms with Gasteiger partial charge in [-0.3, -0.25) is 19.2 Å². The molecule has 53 heavy (non-hydrogen) atoms. The third-order valence-corrected chi connectivity index (χ3v) is 11.6. The van der Waals surface area contributed by atoms with Gasteiger partial charge in [0, 0.05) is 70.6 Å². The molecule has 0 atom stereocenters. The van der Waals surface area contributed by atoms with E-state index in [0.717, 1.165) is 16.7 Å². The number of pyridine rings is 1. The first-order valence-electron chi connectivity index (χ1n) is 17.4. The van der Waals surface area contributed by atoms with Crippen LogP contribution >= 0.6 is 7.60 Å². The third-order valence-electron chi connectivity index (χ3n) is 9.71. The number of benzene rings is 4. The molecule has 1 saturated heterocycles. The van der Waals surface area contributed by atoms with Crippen LogP contribution in [0.1, 0.15) is 38.7 Å². The van der Waals surface area contributed by atoms with Crippen molar-refractivity contribution in [1.29, 1.82) is 0 Å². The zero-order valence-corrected chi connectivity index (χ0v) is 30.4. The normalized spacial score (nSPS) is 14.9. The molecule has 2 aliphatic heterocycles. The van der Waals surface area contributed by atoms with E-state index in [1.54, 1.807) is 34.2 Å². The highest BCUT2D eigenvalue weighted by Crippen LogP contribution is 2.47. The molecule has 13 heteroatoms. The highest BCUT2D eigenvalue weighted by Gasteiger charge is 2.39. The average molecular weight is 739 g/mol. The van der Waals surface area contributed by atoms with Crippen molar-refractivity contribution >= 4 is 30.5 Å². The molecule has 1 fully saturated rings. The first-order chi connectivity index (χ1) is 25.8. The molecule has 0 unspecified atom stereocenters. The van der Waals surface area contributed by atoms with E-state index in [1.807, 2.05) is 66.7 Å². The van der Waals surface area contributed by atoms with Crippen molar-refractivity contribution in [2.45, 2.75) is 19.2 Å². The summed E-state index contributed by atoms with van der Waals surface area (Å²) < 4.78 is 49.6. The lowest BCUT2D eigenvalue weighted by atomic mass is 9.99. The van der Waals surface area contributed by atoms with Crippen LogP contribution in [0, 0.1) is 5.82 Å². The fraction of sp³-hybridized carbons (Fsp3) is 0.275. The monoisotopic (exact) mass is 738 g/mol. The minimum Gasteiger partial charge on any atom is -0.478 e. The Morgan fingerprint density at radius 1 is 0.849 bits per heavy atom. The van der Waals surface area contributed by atoms with E-state index in [0.29, 0.717) is 49.2 Å². The molecule has 2 aliphatic rings. The summed E-state index contributed by atoms with van der Waals surface area (Å²) in [4.78, 5) is 38.4. The fourth-order valence-corrected chi connectivity index (χ4v) is 7.84. The summed E-state index contributed by atoms with van der Waals surface area (Å²) in [7, 11) is -0.417. The number of nitrogens with zero attached hydrogens (tertiary/aromatic N) is 4. The number of rotatable bonds is 12. The number of hydrogen-bond acceptors (Lipinski definition) is 9. The molecule has 274 valence electrons. The maximum absolute atomic E-state index is 14.5. The number of aromatic nitrogens is 1. The maximum atomic E-state index is 14.5. The summed E-state index contributed by atoms with van der Waals surface area (Å²) in [5.41, 5.74) is 3.67. The van der Waals surface area contributed by atoms with Gasteiger partial charge in [0.25, 0.3) is 5.91 Å². The Bertz CT molecular complexity index is 2080. The summed E-state index contributed by atoms with van der Waals surface area (Å²) in [5.74, 6) is -0.152. The molecule has 0 bridgehead atoms. The van der Waals surface area contributed by atoms with Gasteiger partial charge >= 0.3 is 13.7 Å². The second kappa shape index (κ2) is 15.9. The van der Waals surface area contributed by atoms with Crippen LogP contribution in [0.3, 0.4) is 0 Å². The van der Waals surface area contributed by atoms with Crippen LogP contribution in [0.5, 0.6) is 11.5 Å². The van der Waals surface area contributed by atoms with Crippen molar-refractivity contribution < 1.29 is 37.1 Å². The van der Waals surface area contributed by atoms with E-state index in [2.05, 4.69) is 4.90 Å². The second-order valence-electron chi connectivity index (χ2n) is 12.9. The fourth-order valence-electron chi connectivity index (χ4n) is 6.80. The highest BCUT2D eigenvalue weighted by molar-refractivity contribution is 7.53. The Hall–Kier alpha value is -5.13. The molecule has 11 nitrogen and oxygen atoms in total. The summed E-state index contributed by atoms with van der Waals surface area (Å²) in [5, 5.41) is 0.527. The SMILES string of the molecule is COP(=O)(CCN1CCN(C(=O)Oc2c3c(c(OC(c4ccccc4)c4ccccc4)c4ncccc24)C(=O)N(Cc2ccc(F)cc2)C3)CC1)OC. The van der Waals surface area contributed by atoms with Crippen molar-refractivity contribution in [1.82, 2.24) is 19.7 Å². The molecule has 0 spiro atoms. The summed E-state index contributed by atoms with van der Waals surface area (Å²) >= 11 is 0. The van der Waals surface area contributed by atoms with Gasteiger partial charge in [-0.2, -0.15) is 0 Å². The van der Waals surface area contributed by atoms with Crippen LogP contribution in [-0.2, 0) is 26.7 Å². The van der Waals surface area contributed by atoms with Crippen LogP contribution in [-0.4, -0.2) is 84.8 Å². The molecule has 4 aromatic carbocycles. The number of hydrogen-bond donors (Lipinski definition) is 0. The van der Waals surface area contributed by atoms with E-state index in [9.17, 15) is 18.5 Å². The minimum atomic E-state index is -3.15. The number of ether oxygens (including phenoxy) is 2. The predicted molar refractivity (Wildman–Crippen MR) is 198 cm³/mol. The van der Waals surface area contributed by atoms with Crippen LogP contribution in [0.2, 0.25) is 0 Å². The lowest BCUT2D eigenvalue weighted by Gasteiger charge is -2.34. The first-order valence-corrected chi connectivity index (χ1v) is 19.1. The van der Waals surface area contributed by atoms with Gasteiger partial charge in [0.05, 0.1) is 18.3 Å². The van der Waals surface area contributed by atoms with Crippen molar-refractivity contribution in [3.8, 4) is 11.5 Å². The summed E-state index contributed by atoms with van der Waals surface area (Å²) in [6, 6.07) is 29.1. The summed E-state index contributed by atoms with van der Waals surface area (Å²) in [6.45, 7) is 2.67. The topological polar surface area (TPSA) is 111 Å². The Morgan fingerprint density at radius 2 is 1.49 bits per heavy atom. The summed E-state index contributed by atoms with van der Waals surface area (Å²) in [6.07, 6.45) is 0.716. The molecule has 0 radical (unpaired) electrons. The van der Waals surface area contributed by atoms with Crippen LogP contribution < -0.4 is 9.47 Å². The molecule has 0 aliphatic carbocycles. The molecule has 1 aromatic heterocycles. The van der Waals surface area contributed by atoms with Gasteiger partial charge in [0.15, 0.2) is 5.75 Å². The first kappa shape index (κ1) is 36.2. The number of carbonyl (C=O) groups is 2. The van der Waals surface area contributed by atoms with E-state index in [-0.39, 0.29) is 48.0 Å². The van der Waals surface area contributed by atoms with Gasteiger partial charge in [-0.15, -0.1) is 0 Å². The largest absolute Gasteiger partial charge is 0.478 e. The van der Waals surface area contributed by atoms with Gasteiger partial charge in [-0.25, -0.2) is 9.18 Å². The quantitative estimate of drug-likeness (QED) is 0.122. The van der Waals surface area contributed by atoms with E-state index >= 15 is 0 Å². The Balaban J connectivity index is 1.24. The van der Waals surface area contributed by atoms with Gasteiger partial charge in [0.2, 0.25) is 0 Å². The zero-order chi connectivity index (χ0) is 37.0. The van der Waals surface area contributed by atoms with E-state index in [1.165, 1.54) is 26.4 Å². The number of fused-ring (bicyclic) bond motifs is 2. The van der Waals surface area contributed by atoms with Crippen LogP contribution in [0.25, 0.3) is 10.9 Å². The number of amides is 2. The lowest BCUT2D eigenvalue weighted by Crippen LogP contribution is -2.50. The van der Waals surface area contributed by atoms with Crippen LogP contribution in [0.15, 0.2) is 103 Å². The third kappa shape index (κ3) is 7.82. The molecule has 3 heterocycles. The van der Waals surface area contributed by atoms with E-state index < -0.39 is 19.8 Å². The number of carbonyl (C=O) groups excluding carboxylic acids is 2. The van der Waals surface area contributed by atoms with Crippen molar-refractivity contribution in [3.05, 3.63) is 137 Å². The Kier molecular flexibility index (Phi) is 10.8. The van der Waals surface area contributed by atoms with Crippen molar-refractivity contribution in [2.24, 2.45) is 0 Å². The number of piperazine rings is 1. The molecule has 0 saturated carbocycles. The molecule has 2 amide bonds. The molecular formula is C40H40FN4O7P. The maximum Gasteiger partial charge on any atom is 0.415 e. The smallest absolute Gasteiger partial charge is 0.415 e. The van der Waals surface area contributed by atoms with E-state index in [4.69, 9.17) is 23.5 Å². The lowest BCUT2D eigenvalue weighted by molar-refractivity contribution is 0.0762. The standard InChI is InChI=1S/C40H40FN4O7P/c1-49-53(48,50-2)25-24-43-20-22-44(23-21-43)40(47)52-37-32-14-9-19-42-35(32)38(51-36(29-10-5-3-6-11-29)30-12-7-4-8-13-30)34-33(37)27-45(39(34)46)26-28-15-17-31(41)18-16-28/h3-19,36H,20-27H2,1-2H3. The van der Waals surface area contributed by atoms with Crippen LogP contribution in [0.4, 0.5) is 9.18 Å². The Labute approximate surface area is 307 Å². The van der Waals surface area contributed by atoms with Gasteiger partial charge < -0.3 is 28.3 Å². The highest BCUT2D eigenvalue weighted by atomic mass is 31.2.